The van der Waals surface area contributed by atoms with Crippen LogP contribution in [0.25, 0.3) is 10.4 Å². The van der Waals surface area contributed by atoms with Gasteiger partial charge in [0.25, 0.3) is 0 Å². The van der Waals surface area contributed by atoms with E-state index in [9.17, 15) is 17.6 Å². The van der Waals surface area contributed by atoms with Gasteiger partial charge in [-0.2, -0.15) is 13.2 Å². The van der Waals surface area contributed by atoms with Gasteiger partial charge < -0.3 is 5.73 Å². The summed E-state index contributed by atoms with van der Waals surface area (Å²) in [6.45, 7) is 0. The van der Waals surface area contributed by atoms with E-state index in [0.29, 0.717) is 10.9 Å². The molecule has 0 spiro atoms. The number of halogens is 4. The third-order valence-corrected chi connectivity index (χ3v) is 2.95. The highest BCUT2D eigenvalue weighted by molar-refractivity contribution is 7.18. The van der Waals surface area contributed by atoms with Crippen LogP contribution in [0.3, 0.4) is 0 Å². The van der Waals surface area contributed by atoms with Crippen LogP contribution in [0.5, 0.6) is 0 Å². The van der Waals surface area contributed by atoms with Crippen LogP contribution >= 0.6 is 11.3 Å². The molecule has 1 aromatic carbocycles. The summed E-state index contributed by atoms with van der Waals surface area (Å²) >= 11 is 1.01. The van der Waals surface area contributed by atoms with E-state index < -0.39 is 17.6 Å². The lowest BCUT2D eigenvalue weighted by Crippen LogP contribution is -2.05. The molecule has 2 rings (SSSR count). The second-order valence-corrected chi connectivity index (χ2v) is 4.32. The van der Waals surface area contributed by atoms with Crippen LogP contribution in [0.1, 0.15) is 5.56 Å². The van der Waals surface area contributed by atoms with Crippen molar-refractivity contribution in [1.29, 1.82) is 0 Å². The monoisotopic (exact) mass is 262 g/mol. The van der Waals surface area contributed by atoms with Crippen LogP contribution < -0.4 is 5.73 Å². The summed E-state index contributed by atoms with van der Waals surface area (Å²) in [5.74, 6) is -0.941. The topological polar surface area (TPSA) is 38.9 Å². The van der Waals surface area contributed by atoms with Gasteiger partial charge in [-0.3, -0.25) is 0 Å². The predicted octanol–water partition coefficient (Wildman–Crippen LogP) is 3.55. The van der Waals surface area contributed by atoms with Gasteiger partial charge >= 0.3 is 6.18 Å². The van der Waals surface area contributed by atoms with Crippen molar-refractivity contribution < 1.29 is 17.6 Å². The van der Waals surface area contributed by atoms with Crippen LogP contribution in [0.2, 0.25) is 0 Å². The predicted molar refractivity (Wildman–Crippen MR) is 56.9 cm³/mol. The van der Waals surface area contributed by atoms with Gasteiger partial charge in [-0.05, 0) is 18.2 Å². The molecule has 17 heavy (non-hydrogen) atoms. The molecular weight excluding hydrogens is 256 g/mol. The number of aromatic nitrogens is 1. The number of anilines is 1. The van der Waals surface area contributed by atoms with Crippen LogP contribution in [0.4, 0.5) is 22.7 Å². The van der Waals surface area contributed by atoms with Crippen molar-refractivity contribution in [2.24, 2.45) is 0 Å². The smallest absolute Gasteiger partial charge is 0.375 e. The van der Waals surface area contributed by atoms with E-state index >= 15 is 0 Å². The minimum atomic E-state index is -4.55. The number of thiazole rings is 1. The van der Waals surface area contributed by atoms with E-state index in [1.54, 1.807) is 0 Å². The number of hydrogen-bond donors (Lipinski definition) is 1. The maximum absolute atomic E-state index is 13.5. The molecule has 0 aliphatic carbocycles. The molecule has 0 aliphatic heterocycles. The third-order valence-electron chi connectivity index (χ3n) is 2.09. The lowest BCUT2D eigenvalue weighted by molar-refractivity contribution is -0.137. The number of rotatable bonds is 1. The summed E-state index contributed by atoms with van der Waals surface area (Å²) in [5, 5.41) is 0.235. The Balaban J connectivity index is 2.45. The molecule has 1 heterocycles. The molecule has 0 bridgehead atoms. The minimum Gasteiger partial charge on any atom is -0.375 e. The number of nitrogens with zero attached hydrogens (tertiary/aromatic N) is 1. The Labute approximate surface area is 97.7 Å². The first-order valence-electron chi connectivity index (χ1n) is 4.46. The highest BCUT2D eigenvalue weighted by Crippen LogP contribution is 2.34. The lowest BCUT2D eigenvalue weighted by atomic mass is 10.1. The quantitative estimate of drug-likeness (QED) is 0.798. The first-order chi connectivity index (χ1) is 7.88. The number of benzene rings is 1. The number of alkyl halides is 3. The second-order valence-electron chi connectivity index (χ2n) is 3.26. The van der Waals surface area contributed by atoms with Crippen molar-refractivity contribution >= 4 is 16.5 Å². The summed E-state index contributed by atoms with van der Waals surface area (Å²) in [6, 6.07) is 2.37. The van der Waals surface area contributed by atoms with E-state index in [1.807, 2.05) is 0 Å². The van der Waals surface area contributed by atoms with Gasteiger partial charge in [-0.15, -0.1) is 0 Å². The van der Waals surface area contributed by atoms with Crippen molar-refractivity contribution in [2.45, 2.75) is 6.18 Å². The number of hydrogen-bond acceptors (Lipinski definition) is 3. The summed E-state index contributed by atoms with van der Waals surface area (Å²) in [6.07, 6.45) is -3.22. The number of nitrogens with two attached hydrogens (primary N) is 1. The standard InChI is InChI=1S/C10H6F4N2S/c11-7-3-5(10(12,13)14)1-2-6(7)8-4-16-9(15)17-8/h1-4H,(H2,15,16). The number of nitrogen functional groups attached to an aromatic ring is 1. The van der Waals surface area contributed by atoms with E-state index in [0.717, 1.165) is 23.5 Å². The molecule has 0 unspecified atom stereocenters. The van der Waals surface area contributed by atoms with Gasteiger partial charge in [0.1, 0.15) is 5.82 Å². The molecule has 0 radical (unpaired) electrons. The largest absolute Gasteiger partial charge is 0.416 e. The fourth-order valence-corrected chi connectivity index (χ4v) is 2.02. The molecule has 0 saturated carbocycles. The van der Waals surface area contributed by atoms with Crippen molar-refractivity contribution in [2.75, 3.05) is 5.73 Å². The Morgan fingerprint density at radius 3 is 2.41 bits per heavy atom. The van der Waals surface area contributed by atoms with Gasteiger partial charge in [-0.25, -0.2) is 9.37 Å². The van der Waals surface area contributed by atoms with Crippen LogP contribution in [0.15, 0.2) is 24.4 Å². The van der Waals surface area contributed by atoms with E-state index in [-0.39, 0.29) is 10.7 Å². The fourth-order valence-electron chi connectivity index (χ4n) is 1.30. The van der Waals surface area contributed by atoms with Crippen molar-refractivity contribution in [1.82, 2.24) is 4.98 Å². The van der Waals surface area contributed by atoms with Gasteiger partial charge in [-0.1, -0.05) is 11.3 Å². The summed E-state index contributed by atoms with van der Waals surface area (Å²) in [7, 11) is 0. The first kappa shape index (κ1) is 11.8. The Morgan fingerprint density at radius 1 is 1.24 bits per heavy atom. The summed E-state index contributed by atoms with van der Waals surface area (Å²) in [5.41, 5.74) is 4.41. The van der Waals surface area contributed by atoms with Crippen LogP contribution in [-0.4, -0.2) is 4.98 Å². The zero-order chi connectivity index (χ0) is 12.6. The Hall–Kier alpha value is -1.63. The normalized spacial score (nSPS) is 11.8. The maximum atomic E-state index is 13.5. The molecule has 7 heteroatoms. The summed E-state index contributed by atoms with van der Waals surface area (Å²) in [4.78, 5) is 4.11. The SMILES string of the molecule is Nc1ncc(-c2ccc(C(F)(F)F)cc2F)s1. The Morgan fingerprint density at radius 2 is 1.94 bits per heavy atom. The van der Waals surface area contributed by atoms with E-state index in [2.05, 4.69) is 4.98 Å². The van der Waals surface area contributed by atoms with Crippen molar-refractivity contribution in [3.8, 4) is 10.4 Å². The summed E-state index contributed by atoms with van der Waals surface area (Å²) < 4.78 is 50.4. The van der Waals surface area contributed by atoms with Gasteiger partial charge in [0.15, 0.2) is 5.13 Å². The average molecular weight is 262 g/mol. The molecule has 2 nitrogen and oxygen atoms in total. The van der Waals surface area contributed by atoms with Crippen LogP contribution in [0, 0.1) is 5.82 Å². The van der Waals surface area contributed by atoms with Crippen molar-refractivity contribution in [3.63, 3.8) is 0 Å². The molecular formula is C10H6F4N2S. The molecule has 0 saturated heterocycles. The zero-order valence-electron chi connectivity index (χ0n) is 8.25. The molecule has 0 aliphatic rings. The van der Waals surface area contributed by atoms with Gasteiger partial charge in [0.05, 0.1) is 10.4 Å². The molecule has 0 amide bonds. The third kappa shape index (κ3) is 2.38. The Kier molecular flexibility index (Phi) is 2.78. The first-order valence-corrected chi connectivity index (χ1v) is 5.28. The highest BCUT2D eigenvalue weighted by Gasteiger charge is 2.31. The molecule has 2 N–H and O–H groups in total. The highest BCUT2D eigenvalue weighted by atomic mass is 32.1. The van der Waals surface area contributed by atoms with Gasteiger partial charge in [0.2, 0.25) is 0 Å². The minimum absolute atomic E-state index is 0.0622. The average Bonchev–Trinajstić information content (AvgIpc) is 2.63. The zero-order valence-corrected chi connectivity index (χ0v) is 9.07. The van der Waals surface area contributed by atoms with E-state index in [4.69, 9.17) is 5.73 Å². The molecule has 1 aromatic heterocycles. The Bertz CT molecular complexity index is 547. The van der Waals surface area contributed by atoms with Crippen molar-refractivity contribution in [3.05, 3.63) is 35.8 Å². The maximum Gasteiger partial charge on any atom is 0.416 e. The van der Waals surface area contributed by atoms with E-state index in [1.165, 1.54) is 6.20 Å². The molecule has 2 aromatic rings. The molecule has 90 valence electrons. The van der Waals surface area contributed by atoms with Crippen LogP contribution in [-0.2, 0) is 6.18 Å². The fraction of sp³-hybridized carbons (Fsp3) is 0.100. The lowest BCUT2D eigenvalue weighted by Gasteiger charge is -2.07. The molecule has 0 fully saturated rings. The second kappa shape index (κ2) is 3.99. The van der Waals surface area contributed by atoms with Gasteiger partial charge in [0, 0.05) is 11.8 Å². The molecule has 0 atom stereocenters.